The highest BCUT2D eigenvalue weighted by Crippen LogP contribution is 2.21. The van der Waals surface area contributed by atoms with Crippen molar-refractivity contribution in [3.8, 4) is 0 Å². The van der Waals surface area contributed by atoms with Crippen molar-refractivity contribution < 1.29 is 17.9 Å². The molecule has 0 aromatic heterocycles. The molecule has 8 heteroatoms. The Hall–Kier alpha value is -0.700. The second-order valence-electron chi connectivity index (χ2n) is 4.53. The normalized spacial score (nSPS) is 28.1. The lowest BCUT2D eigenvalue weighted by molar-refractivity contribution is 0.0352. The summed E-state index contributed by atoms with van der Waals surface area (Å²) in [5.74, 6) is -0.123. The summed E-state index contributed by atoms with van der Waals surface area (Å²) in [6.07, 6.45) is 0.447. The second kappa shape index (κ2) is 5.52. The molecule has 0 aromatic carbocycles. The van der Waals surface area contributed by atoms with Crippen LogP contribution >= 0.6 is 0 Å². The topological polar surface area (TPSA) is 106 Å². The van der Waals surface area contributed by atoms with Crippen LogP contribution in [0.3, 0.4) is 0 Å². The SMILES string of the molecule is N=C(N)C1CN(S(=O)(=O)C2CCOCC2)CCO1. The Kier molecular flexibility index (Phi) is 4.21. The maximum absolute atomic E-state index is 12.4. The molecular weight excluding hydrogens is 258 g/mol. The number of hydrogen-bond acceptors (Lipinski definition) is 5. The molecule has 0 aromatic rings. The highest BCUT2D eigenvalue weighted by molar-refractivity contribution is 7.89. The first-order valence-electron chi connectivity index (χ1n) is 6.04. The van der Waals surface area contributed by atoms with Crippen LogP contribution in [0.4, 0.5) is 0 Å². The van der Waals surface area contributed by atoms with Gasteiger partial charge in [-0.25, -0.2) is 8.42 Å². The molecule has 0 radical (unpaired) electrons. The quantitative estimate of drug-likeness (QED) is 0.515. The van der Waals surface area contributed by atoms with Crippen LogP contribution in [-0.4, -0.2) is 62.8 Å². The van der Waals surface area contributed by atoms with Crippen molar-refractivity contribution in [1.82, 2.24) is 4.31 Å². The van der Waals surface area contributed by atoms with E-state index in [1.165, 1.54) is 4.31 Å². The Bertz CT molecular complexity index is 405. The summed E-state index contributed by atoms with van der Waals surface area (Å²) in [6, 6.07) is 0. The van der Waals surface area contributed by atoms with Gasteiger partial charge in [-0.1, -0.05) is 0 Å². The minimum Gasteiger partial charge on any atom is -0.385 e. The van der Waals surface area contributed by atoms with E-state index in [2.05, 4.69) is 0 Å². The molecule has 2 aliphatic heterocycles. The van der Waals surface area contributed by atoms with Gasteiger partial charge in [0.15, 0.2) is 0 Å². The second-order valence-corrected chi connectivity index (χ2v) is 6.74. The number of amidine groups is 1. The van der Waals surface area contributed by atoms with Crippen molar-refractivity contribution in [2.24, 2.45) is 5.73 Å². The van der Waals surface area contributed by atoms with Crippen molar-refractivity contribution in [1.29, 1.82) is 5.41 Å². The summed E-state index contributed by atoms with van der Waals surface area (Å²) in [5.41, 5.74) is 5.37. The third kappa shape index (κ3) is 2.82. The Morgan fingerprint density at radius 3 is 2.56 bits per heavy atom. The Morgan fingerprint density at radius 2 is 1.94 bits per heavy atom. The molecule has 1 atom stereocenters. The summed E-state index contributed by atoms with van der Waals surface area (Å²) >= 11 is 0. The van der Waals surface area contributed by atoms with Gasteiger partial charge in [-0.3, -0.25) is 5.41 Å². The number of rotatable bonds is 3. The largest absolute Gasteiger partial charge is 0.385 e. The number of nitrogens with zero attached hydrogens (tertiary/aromatic N) is 1. The zero-order valence-electron chi connectivity index (χ0n) is 10.2. The van der Waals surface area contributed by atoms with Crippen molar-refractivity contribution >= 4 is 15.9 Å². The molecule has 2 fully saturated rings. The molecule has 0 saturated carbocycles. The molecule has 0 bridgehead atoms. The molecule has 0 amide bonds. The molecule has 104 valence electrons. The van der Waals surface area contributed by atoms with E-state index >= 15 is 0 Å². The van der Waals surface area contributed by atoms with Crippen molar-refractivity contribution in [3.05, 3.63) is 0 Å². The molecular formula is C10H19N3O4S. The fraction of sp³-hybridized carbons (Fsp3) is 0.900. The molecule has 1 unspecified atom stereocenters. The number of nitrogens with two attached hydrogens (primary N) is 1. The smallest absolute Gasteiger partial charge is 0.217 e. The van der Waals surface area contributed by atoms with Crippen LogP contribution in [0, 0.1) is 5.41 Å². The predicted molar refractivity (Wildman–Crippen MR) is 66.0 cm³/mol. The minimum absolute atomic E-state index is 0.123. The maximum atomic E-state index is 12.4. The van der Waals surface area contributed by atoms with Crippen LogP contribution in [0.2, 0.25) is 0 Å². The van der Waals surface area contributed by atoms with Crippen LogP contribution < -0.4 is 5.73 Å². The molecule has 2 rings (SSSR count). The number of sulfonamides is 1. The summed E-state index contributed by atoms with van der Waals surface area (Å²) in [6.45, 7) is 1.75. The van der Waals surface area contributed by atoms with Crippen molar-refractivity contribution in [3.63, 3.8) is 0 Å². The summed E-state index contributed by atoms with van der Waals surface area (Å²) < 4.78 is 36.7. The zero-order chi connectivity index (χ0) is 13.2. The zero-order valence-corrected chi connectivity index (χ0v) is 11.0. The van der Waals surface area contributed by atoms with Gasteiger partial charge < -0.3 is 15.2 Å². The van der Waals surface area contributed by atoms with Crippen LogP contribution in [0.5, 0.6) is 0 Å². The van der Waals surface area contributed by atoms with E-state index < -0.39 is 16.1 Å². The number of ether oxygens (including phenoxy) is 2. The van der Waals surface area contributed by atoms with E-state index in [9.17, 15) is 8.42 Å². The first-order chi connectivity index (χ1) is 8.51. The molecule has 18 heavy (non-hydrogen) atoms. The van der Waals surface area contributed by atoms with Gasteiger partial charge in [0.2, 0.25) is 10.0 Å². The standard InChI is InChI=1S/C10H19N3O4S/c11-10(12)9-7-13(3-6-17-9)18(14,15)8-1-4-16-5-2-8/h8-9H,1-7H2,(H3,11,12). The van der Waals surface area contributed by atoms with E-state index in [1.807, 2.05) is 0 Å². The van der Waals surface area contributed by atoms with Gasteiger partial charge in [0, 0.05) is 26.3 Å². The predicted octanol–water partition coefficient (Wildman–Crippen LogP) is -0.868. The maximum Gasteiger partial charge on any atom is 0.217 e. The average Bonchev–Trinajstić information content (AvgIpc) is 2.40. The van der Waals surface area contributed by atoms with Gasteiger partial charge in [0.25, 0.3) is 0 Å². The van der Waals surface area contributed by atoms with Crippen LogP contribution in [-0.2, 0) is 19.5 Å². The Balaban J connectivity index is 2.06. The van der Waals surface area contributed by atoms with Gasteiger partial charge in [-0.2, -0.15) is 4.31 Å². The monoisotopic (exact) mass is 277 g/mol. The summed E-state index contributed by atoms with van der Waals surface area (Å²) in [7, 11) is -3.33. The highest BCUT2D eigenvalue weighted by Gasteiger charge is 2.37. The van der Waals surface area contributed by atoms with Gasteiger partial charge in [-0.15, -0.1) is 0 Å². The third-order valence-electron chi connectivity index (χ3n) is 3.33. The highest BCUT2D eigenvalue weighted by atomic mass is 32.2. The fourth-order valence-electron chi connectivity index (χ4n) is 2.23. The molecule has 7 nitrogen and oxygen atoms in total. The summed E-state index contributed by atoms with van der Waals surface area (Å²) in [4.78, 5) is 0. The third-order valence-corrected chi connectivity index (χ3v) is 5.69. The van der Waals surface area contributed by atoms with Crippen LogP contribution in [0.25, 0.3) is 0 Å². The van der Waals surface area contributed by atoms with Gasteiger partial charge in [0.05, 0.1) is 11.9 Å². The Labute approximate surface area is 107 Å². The van der Waals surface area contributed by atoms with Gasteiger partial charge >= 0.3 is 0 Å². The molecule has 2 heterocycles. The lowest BCUT2D eigenvalue weighted by atomic mass is 10.2. The molecule has 2 saturated heterocycles. The number of morpholine rings is 1. The molecule has 3 N–H and O–H groups in total. The van der Waals surface area contributed by atoms with Crippen molar-refractivity contribution in [2.75, 3.05) is 32.9 Å². The van der Waals surface area contributed by atoms with Crippen LogP contribution in [0.1, 0.15) is 12.8 Å². The Morgan fingerprint density at radius 1 is 1.28 bits per heavy atom. The molecule has 0 aliphatic carbocycles. The van der Waals surface area contributed by atoms with E-state index in [4.69, 9.17) is 20.6 Å². The number of hydrogen-bond donors (Lipinski definition) is 2. The van der Waals surface area contributed by atoms with E-state index in [1.54, 1.807) is 0 Å². The first-order valence-corrected chi connectivity index (χ1v) is 7.54. The fourth-order valence-corrected chi connectivity index (χ4v) is 4.11. The number of nitrogens with one attached hydrogen (secondary N) is 1. The van der Waals surface area contributed by atoms with Crippen LogP contribution in [0.15, 0.2) is 0 Å². The first kappa shape index (κ1) is 13.7. The molecule has 2 aliphatic rings. The minimum atomic E-state index is -3.33. The van der Waals surface area contributed by atoms with Gasteiger partial charge in [0.1, 0.15) is 11.9 Å². The average molecular weight is 277 g/mol. The molecule has 0 spiro atoms. The van der Waals surface area contributed by atoms with Crippen molar-refractivity contribution in [2.45, 2.75) is 24.2 Å². The lowest BCUT2D eigenvalue weighted by Crippen LogP contribution is -2.52. The van der Waals surface area contributed by atoms with E-state index in [0.717, 1.165) is 0 Å². The van der Waals surface area contributed by atoms with E-state index in [0.29, 0.717) is 32.6 Å². The summed E-state index contributed by atoms with van der Waals surface area (Å²) in [5, 5.41) is 6.96. The lowest BCUT2D eigenvalue weighted by Gasteiger charge is -2.35. The van der Waals surface area contributed by atoms with Gasteiger partial charge in [-0.05, 0) is 12.8 Å². The van der Waals surface area contributed by atoms with E-state index in [-0.39, 0.29) is 24.2 Å².